The number of anilines is 1. The Bertz CT molecular complexity index is 716. The lowest BCUT2D eigenvalue weighted by Gasteiger charge is -2.17. The minimum atomic E-state index is -0.681. The molecule has 2 aromatic rings. The van der Waals surface area contributed by atoms with Crippen LogP contribution >= 0.6 is 11.6 Å². The second-order valence-corrected chi connectivity index (χ2v) is 5.63. The minimum Gasteiger partial charge on any atom is -0.497 e. The van der Waals surface area contributed by atoms with Crippen molar-refractivity contribution in [1.82, 2.24) is 0 Å². The monoisotopic (exact) mass is 349 g/mol. The third-order valence-corrected chi connectivity index (χ3v) is 3.89. The van der Waals surface area contributed by atoms with Gasteiger partial charge in [0.1, 0.15) is 17.2 Å². The predicted octanol–water partition coefficient (Wildman–Crippen LogP) is 4.07. The van der Waals surface area contributed by atoms with Crippen molar-refractivity contribution in [2.75, 3.05) is 19.5 Å². The summed E-state index contributed by atoms with van der Waals surface area (Å²) in [5.74, 6) is 1.51. The average molecular weight is 350 g/mol. The molecule has 0 aliphatic rings. The van der Waals surface area contributed by atoms with Crippen LogP contribution in [0.5, 0.6) is 17.2 Å². The van der Waals surface area contributed by atoms with Gasteiger partial charge in [-0.25, -0.2) is 0 Å². The standard InChI is InChI=1S/C18H20ClNO4/c1-11-9-16(17(23-4)10-15(11)19)20-18(21)12(2)24-14-7-5-13(22-3)6-8-14/h5-10,12H,1-4H3,(H,20,21). The molecular weight excluding hydrogens is 330 g/mol. The van der Waals surface area contributed by atoms with Crippen molar-refractivity contribution in [2.24, 2.45) is 0 Å². The van der Waals surface area contributed by atoms with Gasteiger partial charge in [0.25, 0.3) is 5.91 Å². The summed E-state index contributed by atoms with van der Waals surface area (Å²) in [6.07, 6.45) is -0.681. The maximum Gasteiger partial charge on any atom is 0.265 e. The van der Waals surface area contributed by atoms with Crippen molar-refractivity contribution in [1.29, 1.82) is 0 Å². The highest BCUT2D eigenvalue weighted by atomic mass is 35.5. The molecule has 0 aliphatic heterocycles. The van der Waals surface area contributed by atoms with Crippen molar-refractivity contribution >= 4 is 23.2 Å². The third-order valence-electron chi connectivity index (χ3n) is 3.48. The molecule has 1 unspecified atom stereocenters. The van der Waals surface area contributed by atoms with Gasteiger partial charge in [-0.05, 0) is 49.7 Å². The number of ether oxygens (including phenoxy) is 3. The van der Waals surface area contributed by atoms with E-state index in [1.165, 1.54) is 7.11 Å². The van der Waals surface area contributed by atoms with E-state index in [2.05, 4.69) is 5.32 Å². The molecule has 0 radical (unpaired) electrons. The first-order valence-corrected chi connectivity index (χ1v) is 7.78. The predicted molar refractivity (Wildman–Crippen MR) is 94.5 cm³/mol. The zero-order chi connectivity index (χ0) is 17.7. The second kappa shape index (κ2) is 7.93. The average Bonchev–Trinajstić information content (AvgIpc) is 2.58. The minimum absolute atomic E-state index is 0.286. The van der Waals surface area contributed by atoms with Crippen LogP contribution in [0, 0.1) is 6.92 Å². The summed E-state index contributed by atoms with van der Waals surface area (Å²) in [6.45, 7) is 3.53. The number of amides is 1. The van der Waals surface area contributed by atoms with Crippen molar-refractivity contribution in [3.8, 4) is 17.2 Å². The van der Waals surface area contributed by atoms with Crippen molar-refractivity contribution in [3.05, 3.63) is 47.0 Å². The SMILES string of the molecule is COc1ccc(OC(C)C(=O)Nc2cc(C)c(Cl)cc2OC)cc1. The molecule has 0 aromatic heterocycles. The summed E-state index contributed by atoms with van der Waals surface area (Å²) in [5, 5.41) is 3.38. The van der Waals surface area contributed by atoms with Crippen LogP contribution in [-0.4, -0.2) is 26.2 Å². The number of rotatable bonds is 6. The zero-order valence-electron chi connectivity index (χ0n) is 14.1. The Morgan fingerprint density at radius 2 is 1.71 bits per heavy atom. The fraction of sp³-hybridized carbons (Fsp3) is 0.278. The Balaban J connectivity index is 2.07. The topological polar surface area (TPSA) is 56.8 Å². The Morgan fingerprint density at radius 1 is 1.08 bits per heavy atom. The zero-order valence-corrected chi connectivity index (χ0v) is 14.8. The highest BCUT2D eigenvalue weighted by Gasteiger charge is 2.17. The lowest BCUT2D eigenvalue weighted by molar-refractivity contribution is -0.122. The van der Waals surface area contributed by atoms with Gasteiger partial charge in [-0.3, -0.25) is 4.79 Å². The van der Waals surface area contributed by atoms with Gasteiger partial charge in [0.2, 0.25) is 0 Å². The maximum absolute atomic E-state index is 12.4. The number of hydrogen-bond donors (Lipinski definition) is 1. The lowest BCUT2D eigenvalue weighted by atomic mass is 10.2. The number of carbonyl (C=O) groups is 1. The van der Waals surface area contributed by atoms with E-state index in [0.717, 1.165) is 11.3 Å². The highest BCUT2D eigenvalue weighted by Crippen LogP contribution is 2.31. The molecule has 6 heteroatoms. The first kappa shape index (κ1) is 17.9. The smallest absolute Gasteiger partial charge is 0.265 e. The van der Waals surface area contributed by atoms with E-state index >= 15 is 0 Å². The van der Waals surface area contributed by atoms with E-state index in [4.69, 9.17) is 25.8 Å². The summed E-state index contributed by atoms with van der Waals surface area (Å²) in [4.78, 5) is 12.4. The van der Waals surface area contributed by atoms with Crippen LogP contribution in [0.25, 0.3) is 0 Å². The largest absolute Gasteiger partial charge is 0.497 e. The first-order chi connectivity index (χ1) is 11.4. The van der Waals surface area contributed by atoms with E-state index in [0.29, 0.717) is 22.2 Å². The van der Waals surface area contributed by atoms with Crippen molar-refractivity contribution < 1.29 is 19.0 Å². The van der Waals surface area contributed by atoms with Crippen LogP contribution in [0.1, 0.15) is 12.5 Å². The van der Waals surface area contributed by atoms with Crippen LogP contribution in [0.15, 0.2) is 36.4 Å². The second-order valence-electron chi connectivity index (χ2n) is 5.23. The molecule has 0 bridgehead atoms. The van der Waals surface area contributed by atoms with Crippen LogP contribution in [0.4, 0.5) is 5.69 Å². The van der Waals surface area contributed by atoms with Crippen molar-refractivity contribution in [3.63, 3.8) is 0 Å². The number of benzene rings is 2. The summed E-state index contributed by atoms with van der Waals surface area (Å²) >= 11 is 6.07. The Morgan fingerprint density at radius 3 is 2.29 bits per heavy atom. The van der Waals surface area contributed by atoms with Gasteiger partial charge >= 0.3 is 0 Å². The molecule has 5 nitrogen and oxygen atoms in total. The van der Waals surface area contributed by atoms with Crippen LogP contribution in [0.3, 0.4) is 0 Å². The molecule has 24 heavy (non-hydrogen) atoms. The molecule has 0 aliphatic carbocycles. The molecule has 0 saturated heterocycles. The number of aryl methyl sites for hydroxylation is 1. The van der Waals surface area contributed by atoms with E-state index in [1.807, 2.05) is 6.92 Å². The summed E-state index contributed by atoms with van der Waals surface area (Å²) in [7, 11) is 3.11. The third kappa shape index (κ3) is 4.32. The molecule has 1 atom stereocenters. The fourth-order valence-electron chi connectivity index (χ4n) is 2.08. The van der Waals surface area contributed by atoms with Gasteiger partial charge in [0, 0.05) is 11.1 Å². The normalized spacial score (nSPS) is 11.5. The Labute approximate surface area is 146 Å². The van der Waals surface area contributed by atoms with E-state index in [-0.39, 0.29) is 5.91 Å². The van der Waals surface area contributed by atoms with Gasteiger partial charge in [0.15, 0.2) is 6.10 Å². The van der Waals surface area contributed by atoms with Crippen LogP contribution in [0.2, 0.25) is 5.02 Å². The lowest BCUT2D eigenvalue weighted by Crippen LogP contribution is -2.30. The number of carbonyl (C=O) groups excluding carboxylic acids is 1. The van der Waals surface area contributed by atoms with E-state index < -0.39 is 6.10 Å². The van der Waals surface area contributed by atoms with Gasteiger partial charge < -0.3 is 19.5 Å². The molecule has 0 fully saturated rings. The molecular formula is C18H20ClNO4. The summed E-state index contributed by atoms with van der Waals surface area (Å²) < 4.78 is 16.0. The number of methoxy groups -OCH3 is 2. The summed E-state index contributed by atoms with van der Waals surface area (Å²) in [6, 6.07) is 10.5. The van der Waals surface area contributed by atoms with Crippen LogP contribution in [-0.2, 0) is 4.79 Å². The Hall–Kier alpha value is -2.40. The van der Waals surface area contributed by atoms with Gasteiger partial charge in [0.05, 0.1) is 19.9 Å². The van der Waals surface area contributed by atoms with Gasteiger partial charge in [-0.1, -0.05) is 11.6 Å². The molecule has 1 amide bonds. The van der Waals surface area contributed by atoms with Gasteiger partial charge in [-0.2, -0.15) is 0 Å². The molecule has 128 valence electrons. The number of hydrogen-bond acceptors (Lipinski definition) is 4. The quantitative estimate of drug-likeness (QED) is 0.854. The number of nitrogens with one attached hydrogen (secondary N) is 1. The summed E-state index contributed by atoms with van der Waals surface area (Å²) in [5.41, 5.74) is 1.39. The first-order valence-electron chi connectivity index (χ1n) is 7.40. The van der Waals surface area contributed by atoms with E-state index in [9.17, 15) is 4.79 Å². The maximum atomic E-state index is 12.4. The molecule has 2 aromatic carbocycles. The highest BCUT2D eigenvalue weighted by molar-refractivity contribution is 6.31. The molecule has 1 N–H and O–H groups in total. The molecule has 2 rings (SSSR count). The molecule has 0 saturated carbocycles. The Kier molecular flexibility index (Phi) is 5.93. The van der Waals surface area contributed by atoms with Crippen LogP contribution < -0.4 is 19.5 Å². The van der Waals surface area contributed by atoms with E-state index in [1.54, 1.807) is 50.4 Å². The molecule has 0 heterocycles. The van der Waals surface area contributed by atoms with Gasteiger partial charge in [-0.15, -0.1) is 0 Å². The van der Waals surface area contributed by atoms with Crippen molar-refractivity contribution in [2.45, 2.75) is 20.0 Å². The molecule has 0 spiro atoms. The number of halogens is 1. The fourth-order valence-corrected chi connectivity index (χ4v) is 2.23.